The third-order valence-corrected chi connectivity index (χ3v) is 7.43. The number of carbonyl (C=O) groups is 2. The van der Waals surface area contributed by atoms with Crippen molar-refractivity contribution in [3.8, 4) is 5.75 Å². The highest BCUT2D eigenvalue weighted by molar-refractivity contribution is 7.16. The van der Waals surface area contributed by atoms with Crippen molar-refractivity contribution in [3.63, 3.8) is 0 Å². The Morgan fingerprint density at radius 1 is 1.11 bits per heavy atom. The van der Waals surface area contributed by atoms with Crippen LogP contribution in [0.5, 0.6) is 5.75 Å². The van der Waals surface area contributed by atoms with Crippen molar-refractivity contribution < 1.29 is 18.7 Å². The molecule has 9 heteroatoms. The smallest absolute Gasteiger partial charge is 0.322 e. The molecule has 1 aliphatic rings. The van der Waals surface area contributed by atoms with Gasteiger partial charge in [-0.2, -0.15) is 0 Å². The molecule has 1 aliphatic heterocycles. The average Bonchev–Trinajstić information content (AvgIpc) is 3.46. The maximum atomic E-state index is 13.8. The number of rotatable bonds is 5. The minimum atomic E-state index is -0.300. The monoisotopic (exact) mass is 506 g/mol. The Balaban J connectivity index is 1.32. The Labute approximate surface area is 212 Å². The van der Waals surface area contributed by atoms with Crippen LogP contribution in [0.15, 0.2) is 66.0 Å². The fourth-order valence-corrected chi connectivity index (χ4v) is 5.56. The summed E-state index contributed by atoms with van der Waals surface area (Å²) in [5.74, 6) is 0.198. The van der Waals surface area contributed by atoms with Crippen molar-refractivity contribution in [1.29, 1.82) is 0 Å². The number of nitrogens with zero attached hydrogens (tertiary/aromatic N) is 3. The van der Waals surface area contributed by atoms with Crippen LogP contribution in [0.25, 0.3) is 10.2 Å². The van der Waals surface area contributed by atoms with Crippen LogP contribution in [0.3, 0.4) is 0 Å². The number of fused-ring (bicyclic) bond motifs is 1. The van der Waals surface area contributed by atoms with Gasteiger partial charge in [0.1, 0.15) is 22.1 Å². The highest BCUT2D eigenvalue weighted by Gasteiger charge is 2.32. The summed E-state index contributed by atoms with van der Waals surface area (Å²) in [4.78, 5) is 31.1. The van der Waals surface area contributed by atoms with E-state index in [1.54, 1.807) is 46.4 Å². The van der Waals surface area contributed by atoms with E-state index >= 15 is 0 Å². The Kier molecular flexibility index (Phi) is 6.65. The van der Waals surface area contributed by atoms with Gasteiger partial charge in [0.05, 0.1) is 12.8 Å². The first-order valence-electron chi connectivity index (χ1n) is 11.8. The van der Waals surface area contributed by atoms with E-state index in [1.165, 1.54) is 12.1 Å². The van der Waals surface area contributed by atoms with E-state index < -0.39 is 0 Å². The lowest BCUT2D eigenvalue weighted by Crippen LogP contribution is -2.56. The van der Waals surface area contributed by atoms with Crippen molar-refractivity contribution in [3.05, 3.63) is 83.1 Å². The molecule has 0 bridgehead atoms. The first kappa shape index (κ1) is 23.9. The molecule has 1 N–H and O–H groups in total. The fourth-order valence-electron chi connectivity index (χ4n) is 4.67. The molecule has 1 saturated heterocycles. The van der Waals surface area contributed by atoms with E-state index in [0.717, 1.165) is 15.8 Å². The van der Waals surface area contributed by atoms with Crippen LogP contribution in [-0.4, -0.2) is 59.1 Å². The summed E-state index contributed by atoms with van der Waals surface area (Å²) < 4.78 is 21.1. The third-order valence-electron chi connectivity index (χ3n) is 6.48. The van der Waals surface area contributed by atoms with E-state index in [-0.39, 0.29) is 23.8 Å². The van der Waals surface area contributed by atoms with Gasteiger partial charge in [0.2, 0.25) is 0 Å². The molecular weight excluding hydrogens is 479 g/mol. The van der Waals surface area contributed by atoms with Crippen molar-refractivity contribution in [2.45, 2.75) is 19.5 Å². The van der Waals surface area contributed by atoms with E-state index in [9.17, 15) is 14.0 Å². The van der Waals surface area contributed by atoms with Gasteiger partial charge in [-0.3, -0.25) is 4.79 Å². The number of methoxy groups -OCH3 is 1. The molecule has 2 aromatic heterocycles. The lowest BCUT2D eigenvalue weighted by Gasteiger charge is -2.39. The number of benzene rings is 2. The Morgan fingerprint density at radius 3 is 2.72 bits per heavy atom. The zero-order chi connectivity index (χ0) is 25.2. The molecule has 36 heavy (non-hydrogen) atoms. The zero-order valence-electron chi connectivity index (χ0n) is 20.1. The predicted octanol–water partition coefficient (Wildman–Crippen LogP) is 5.28. The Hall–Kier alpha value is -3.85. The van der Waals surface area contributed by atoms with Crippen molar-refractivity contribution in [2.75, 3.05) is 32.1 Å². The number of nitrogens with one attached hydrogen (secondary N) is 1. The van der Waals surface area contributed by atoms with Gasteiger partial charge in [0, 0.05) is 37.6 Å². The second-order valence-corrected chi connectivity index (χ2v) is 9.75. The summed E-state index contributed by atoms with van der Waals surface area (Å²) in [6.45, 7) is 3.58. The number of ether oxygens (including phenoxy) is 1. The van der Waals surface area contributed by atoms with Crippen LogP contribution in [0, 0.1) is 5.82 Å². The van der Waals surface area contributed by atoms with Gasteiger partial charge in [-0.25, -0.2) is 9.18 Å². The molecule has 186 valence electrons. The Bertz CT molecular complexity index is 1420. The van der Waals surface area contributed by atoms with E-state index in [4.69, 9.17) is 4.74 Å². The number of hydrogen-bond donors (Lipinski definition) is 1. The first-order chi connectivity index (χ1) is 17.4. The minimum Gasteiger partial charge on any atom is -0.495 e. The number of anilines is 1. The summed E-state index contributed by atoms with van der Waals surface area (Å²) in [5, 5.41) is 5.89. The second kappa shape index (κ2) is 10.0. The van der Waals surface area contributed by atoms with Crippen molar-refractivity contribution >= 4 is 39.2 Å². The number of para-hydroxylation sites is 2. The lowest BCUT2D eigenvalue weighted by atomic mass is 10.1. The second-order valence-electron chi connectivity index (χ2n) is 8.85. The SMILES string of the molecule is COc1ccccc1NC(=O)N1CCN(C(=O)c2cc3ccsc3n2Cc2cccc(F)c2)C[C@H]1C. The molecule has 7 nitrogen and oxygen atoms in total. The standard InChI is InChI=1S/C27H27FN4O3S/c1-18-16-30(11-12-31(18)27(34)29-22-8-3-4-9-24(22)35-2)25(33)23-15-20-10-13-36-26(20)32(23)17-19-6-5-7-21(28)14-19/h3-10,13-15,18H,11-12,16-17H2,1-2H3,(H,29,34)/t18-/m1/s1. The topological polar surface area (TPSA) is 66.8 Å². The first-order valence-corrected chi connectivity index (χ1v) is 12.6. The van der Waals surface area contributed by atoms with Gasteiger partial charge in [0.25, 0.3) is 5.91 Å². The number of halogens is 1. The predicted molar refractivity (Wildman–Crippen MR) is 139 cm³/mol. The molecule has 5 rings (SSSR count). The van der Waals surface area contributed by atoms with Crippen LogP contribution in [-0.2, 0) is 6.54 Å². The van der Waals surface area contributed by atoms with E-state index in [1.807, 2.05) is 47.2 Å². The number of hydrogen-bond acceptors (Lipinski definition) is 4. The molecule has 3 heterocycles. The molecule has 0 spiro atoms. The number of urea groups is 1. The van der Waals surface area contributed by atoms with Gasteiger partial charge in [-0.15, -0.1) is 11.3 Å². The molecule has 4 aromatic rings. The summed E-state index contributed by atoms with van der Waals surface area (Å²) >= 11 is 1.56. The number of carbonyl (C=O) groups excluding carboxylic acids is 2. The summed E-state index contributed by atoms with van der Waals surface area (Å²) in [6.07, 6.45) is 0. The Morgan fingerprint density at radius 2 is 1.94 bits per heavy atom. The highest BCUT2D eigenvalue weighted by atomic mass is 32.1. The largest absolute Gasteiger partial charge is 0.495 e. The summed E-state index contributed by atoms with van der Waals surface area (Å²) in [7, 11) is 1.56. The summed E-state index contributed by atoms with van der Waals surface area (Å²) in [5.41, 5.74) is 1.97. The molecule has 1 atom stereocenters. The molecule has 2 aromatic carbocycles. The van der Waals surface area contributed by atoms with Gasteiger partial charge in [-0.05, 0) is 54.3 Å². The van der Waals surface area contributed by atoms with Crippen LogP contribution in [0.2, 0.25) is 0 Å². The number of piperazine rings is 1. The fraction of sp³-hybridized carbons (Fsp3) is 0.259. The molecule has 3 amide bonds. The maximum absolute atomic E-state index is 13.8. The molecule has 0 unspecified atom stereocenters. The quantitative estimate of drug-likeness (QED) is 0.401. The van der Waals surface area contributed by atoms with Gasteiger partial charge in [-0.1, -0.05) is 24.3 Å². The molecule has 0 radical (unpaired) electrons. The lowest BCUT2D eigenvalue weighted by molar-refractivity contribution is 0.0583. The van der Waals surface area contributed by atoms with Crippen LogP contribution < -0.4 is 10.1 Å². The van der Waals surface area contributed by atoms with Crippen LogP contribution in [0.4, 0.5) is 14.9 Å². The van der Waals surface area contributed by atoms with Gasteiger partial charge < -0.3 is 24.4 Å². The zero-order valence-corrected chi connectivity index (χ0v) is 20.9. The maximum Gasteiger partial charge on any atom is 0.322 e. The molecule has 0 saturated carbocycles. The normalized spacial score (nSPS) is 15.8. The molecule has 1 fully saturated rings. The van der Waals surface area contributed by atoms with Crippen molar-refractivity contribution in [2.24, 2.45) is 0 Å². The number of aromatic nitrogens is 1. The minimum absolute atomic E-state index is 0.0913. The van der Waals surface area contributed by atoms with Gasteiger partial charge in [0.15, 0.2) is 0 Å². The van der Waals surface area contributed by atoms with E-state index in [2.05, 4.69) is 5.32 Å². The summed E-state index contributed by atoms with van der Waals surface area (Å²) in [6, 6.07) is 17.2. The van der Waals surface area contributed by atoms with Crippen LogP contribution >= 0.6 is 11.3 Å². The van der Waals surface area contributed by atoms with Crippen molar-refractivity contribution in [1.82, 2.24) is 14.4 Å². The molecule has 0 aliphatic carbocycles. The average molecular weight is 507 g/mol. The van der Waals surface area contributed by atoms with Gasteiger partial charge >= 0.3 is 6.03 Å². The van der Waals surface area contributed by atoms with E-state index in [0.29, 0.717) is 43.3 Å². The molecular formula is C27H27FN4O3S. The number of thiophene rings is 1. The third kappa shape index (κ3) is 4.66. The van der Waals surface area contributed by atoms with Crippen LogP contribution in [0.1, 0.15) is 23.0 Å². The number of amides is 3. The highest BCUT2D eigenvalue weighted by Crippen LogP contribution is 2.28.